The summed E-state index contributed by atoms with van der Waals surface area (Å²) < 4.78 is 0. The predicted octanol–water partition coefficient (Wildman–Crippen LogP) is 4.67. The van der Waals surface area contributed by atoms with Crippen LogP contribution in [-0.4, -0.2) is 5.91 Å². The number of amides is 1. The molecule has 1 amide bonds. The molecule has 1 fully saturated rings. The zero-order valence-electron chi connectivity index (χ0n) is 13.6. The molecule has 1 aliphatic rings. The molecule has 3 rings (SSSR count). The Hall–Kier alpha value is -2.09. The average Bonchev–Trinajstić information content (AvgIpc) is 2.63. The van der Waals surface area contributed by atoms with Crippen molar-refractivity contribution in [2.24, 2.45) is 5.92 Å². The normalized spacial score (nSPS) is 16.7. The van der Waals surface area contributed by atoms with E-state index in [9.17, 15) is 4.79 Å². The summed E-state index contributed by atoms with van der Waals surface area (Å²) in [5.74, 6) is 0.431. The van der Waals surface area contributed by atoms with Gasteiger partial charge in [-0.2, -0.15) is 0 Å². The van der Waals surface area contributed by atoms with Crippen molar-refractivity contribution >= 4 is 5.91 Å². The molecule has 0 spiro atoms. The molecule has 0 aliphatic heterocycles. The smallest absolute Gasteiger partial charge is 0.223 e. The first-order valence-corrected chi connectivity index (χ1v) is 8.72. The fourth-order valence-electron chi connectivity index (χ4n) is 3.44. The van der Waals surface area contributed by atoms with Crippen molar-refractivity contribution in [2.45, 2.75) is 44.6 Å². The highest BCUT2D eigenvalue weighted by Crippen LogP contribution is 2.25. The summed E-state index contributed by atoms with van der Waals surface area (Å²) >= 11 is 0. The first-order chi connectivity index (χ1) is 11.3. The monoisotopic (exact) mass is 307 g/mol. The summed E-state index contributed by atoms with van der Waals surface area (Å²) in [6.07, 6.45) is 6.57. The van der Waals surface area contributed by atoms with E-state index in [1.165, 1.54) is 30.4 Å². The van der Waals surface area contributed by atoms with Crippen molar-refractivity contribution < 1.29 is 4.79 Å². The van der Waals surface area contributed by atoms with Gasteiger partial charge in [0.25, 0.3) is 0 Å². The van der Waals surface area contributed by atoms with Crippen LogP contribution in [0, 0.1) is 5.92 Å². The number of hydrogen-bond acceptors (Lipinski definition) is 1. The van der Waals surface area contributed by atoms with E-state index < -0.39 is 0 Å². The molecule has 0 radical (unpaired) electrons. The van der Waals surface area contributed by atoms with E-state index in [2.05, 4.69) is 41.7 Å². The Kier molecular flexibility index (Phi) is 5.46. The Bertz CT molecular complexity index is 602. The fourth-order valence-corrected chi connectivity index (χ4v) is 3.44. The Morgan fingerprint density at radius 2 is 1.52 bits per heavy atom. The van der Waals surface area contributed by atoms with Gasteiger partial charge in [-0.25, -0.2) is 0 Å². The summed E-state index contributed by atoms with van der Waals surface area (Å²) in [6, 6.07) is 20.8. The highest BCUT2D eigenvalue weighted by Gasteiger charge is 2.24. The maximum atomic E-state index is 12.7. The van der Waals surface area contributed by atoms with Gasteiger partial charge in [-0.3, -0.25) is 4.79 Å². The van der Waals surface area contributed by atoms with E-state index in [0.29, 0.717) is 0 Å². The quantitative estimate of drug-likeness (QED) is 0.854. The van der Waals surface area contributed by atoms with Crippen molar-refractivity contribution in [1.82, 2.24) is 5.32 Å². The van der Waals surface area contributed by atoms with Crippen molar-refractivity contribution in [1.29, 1.82) is 0 Å². The van der Waals surface area contributed by atoms with Gasteiger partial charge >= 0.3 is 0 Å². The third-order valence-corrected chi connectivity index (χ3v) is 4.78. The first-order valence-electron chi connectivity index (χ1n) is 8.72. The predicted molar refractivity (Wildman–Crippen MR) is 94.0 cm³/mol. The third kappa shape index (κ3) is 4.44. The van der Waals surface area contributed by atoms with Crippen LogP contribution in [0.2, 0.25) is 0 Å². The average molecular weight is 307 g/mol. The molecule has 0 bridgehead atoms. The van der Waals surface area contributed by atoms with Crippen LogP contribution in [-0.2, 0) is 11.2 Å². The van der Waals surface area contributed by atoms with Crippen molar-refractivity contribution in [3.63, 3.8) is 0 Å². The zero-order chi connectivity index (χ0) is 15.9. The highest BCUT2D eigenvalue weighted by atomic mass is 16.1. The topological polar surface area (TPSA) is 29.1 Å². The number of carbonyl (C=O) groups excluding carboxylic acids is 1. The van der Waals surface area contributed by atoms with Crippen LogP contribution in [0.5, 0.6) is 0 Å². The summed E-state index contributed by atoms with van der Waals surface area (Å²) in [7, 11) is 0. The van der Waals surface area contributed by atoms with Crippen LogP contribution < -0.4 is 5.32 Å². The molecule has 0 saturated heterocycles. The molecule has 1 saturated carbocycles. The Morgan fingerprint density at radius 3 is 2.17 bits per heavy atom. The minimum Gasteiger partial charge on any atom is -0.349 e. The van der Waals surface area contributed by atoms with E-state index >= 15 is 0 Å². The van der Waals surface area contributed by atoms with Crippen LogP contribution in [0.4, 0.5) is 0 Å². The van der Waals surface area contributed by atoms with Gasteiger partial charge < -0.3 is 5.32 Å². The first kappa shape index (κ1) is 15.8. The Morgan fingerprint density at radius 1 is 0.913 bits per heavy atom. The lowest BCUT2D eigenvalue weighted by Crippen LogP contribution is -2.35. The summed E-state index contributed by atoms with van der Waals surface area (Å²) in [4.78, 5) is 12.7. The van der Waals surface area contributed by atoms with Gasteiger partial charge in [-0.1, -0.05) is 79.9 Å². The molecule has 2 aromatic carbocycles. The molecular weight excluding hydrogens is 282 g/mol. The largest absolute Gasteiger partial charge is 0.349 e. The van der Waals surface area contributed by atoms with E-state index in [-0.39, 0.29) is 17.9 Å². The van der Waals surface area contributed by atoms with Gasteiger partial charge in [0.15, 0.2) is 0 Å². The van der Waals surface area contributed by atoms with Crippen LogP contribution in [0.1, 0.15) is 49.3 Å². The molecule has 2 nitrogen and oxygen atoms in total. The minimum atomic E-state index is 0.0491. The van der Waals surface area contributed by atoms with E-state index in [1.807, 2.05) is 24.3 Å². The van der Waals surface area contributed by atoms with Crippen LogP contribution in [0.25, 0.3) is 0 Å². The van der Waals surface area contributed by atoms with Crippen LogP contribution in [0.15, 0.2) is 60.7 Å². The minimum absolute atomic E-state index is 0.0491. The van der Waals surface area contributed by atoms with Crippen LogP contribution in [0.3, 0.4) is 0 Å². The number of nitrogens with one attached hydrogen (secondary N) is 1. The SMILES string of the molecule is O=C(N[C@H](Cc1ccccc1)c1ccccc1)C1CCCCC1. The number of hydrogen-bond donors (Lipinski definition) is 1. The second-order valence-electron chi connectivity index (χ2n) is 6.50. The number of rotatable bonds is 5. The van der Waals surface area contributed by atoms with Gasteiger partial charge in [0.05, 0.1) is 6.04 Å². The number of carbonyl (C=O) groups is 1. The Labute approximate surface area is 138 Å². The van der Waals surface area contributed by atoms with Crippen molar-refractivity contribution in [3.05, 3.63) is 71.8 Å². The van der Waals surface area contributed by atoms with Crippen LogP contribution >= 0.6 is 0 Å². The molecule has 23 heavy (non-hydrogen) atoms. The van der Waals surface area contributed by atoms with Crippen molar-refractivity contribution in [2.75, 3.05) is 0 Å². The van der Waals surface area contributed by atoms with E-state index in [0.717, 1.165) is 19.3 Å². The summed E-state index contributed by atoms with van der Waals surface area (Å²) in [6.45, 7) is 0. The third-order valence-electron chi connectivity index (χ3n) is 4.78. The molecular formula is C21H25NO. The number of benzene rings is 2. The molecule has 1 atom stereocenters. The molecule has 2 heteroatoms. The van der Waals surface area contributed by atoms with Crippen molar-refractivity contribution in [3.8, 4) is 0 Å². The highest BCUT2D eigenvalue weighted by molar-refractivity contribution is 5.79. The van der Waals surface area contributed by atoms with Gasteiger partial charge in [0, 0.05) is 5.92 Å². The Balaban J connectivity index is 1.73. The molecule has 0 aromatic heterocycles. The molecule has 2 aromatic rings. The lowest BCUT2D eigenvalue weighted by atomic mass is 9.88. The standard InChI is InChI=1S/C21H25NO/c23-21(19-14-8-3-9-15-19)22-20(18-12-6-2-7-13-18)16-17-10-4-1-5-11-17/h1-2,4-7,10-13,19-20H,3,8-9,14-16H2,(H,22,23)/t20-/m1/s1. The summed E-state index contributed by atoms with van der Waals surface area (Å²) in [5.41, 5.74) is 2.44. The molecule has 0 heterocycles. The molecule has 1 aliphatic carbocycles. The maximum absolute atomic E-state index is 12.7. The second-order valence-corrected chi connectivity index (χ2v) is 6.50. The van der Waals surface area contributed by atoms with Gasteiger partial charge in [-0.05, 0) is 30.4 Å². The second kappa shape index (κ2) is 7.96. The van der Waals surface area contributed by atoms with E-state index in [1.54, 1.807) is 0 Å². The lowest BCUT2D eigenvalue weighted by molar-refractivity contribution is -0.126. The van der Waals surface area contributed by atoms with E-state index in [4.69, 9.17) is 0 Å². The van der Waals surface area contributed by atoms with Gasteiger partial charge in [0.2, 0.25) is 5.91 Å². The summed E-state index contributed by atoms with van der Waals surface area (Å²) in [5, 5.41) is 3.31. The maximum Gasteiger partial charge on any atom is 0.223 e. The zero-order valence-corrected chi connectivity index (χ0v) is 13.6. The lowest BCUT2D eigenvalue weighted by Gasteiger charge is -2.25. The van der Waals surface area contributed by atoms with Gasteiger partial charge in [-0.15, -0.1) is 0 Å². The molecule has 120 valence electrons. The molecule has 0 unspecified atom stereocenters. The molecule has 1 N–H and O–H groups in total. The fraction of sp³-hybridized carbons (Fsp3) is 0.381. The van der Waals surface area contributed by atoms with Gasteiger partial charge in [0.1, 0.15) is 0 Å².